The molecule has 1 aliphatic carbocycles. The smallest absolute Gasteiger partial charge is 0.331 e. The maximum Gasteiger partial charge on any atom is 0.417 e. The van der Waals surface area contributed by atoms with E-state index in [-0.39, 0.29) is 17.6 Å². The summed E-state index contributed by atoms with van der Waals surface area (Å²) < 4.78 is 40.1. The third-order valence-electron chi connectivity index (χ3n) is 5.34. The molecule has 1 amide bonds. The van der Waals surface area contributed by atoms with Crippen LogP contribution >= 0.6 is 0 Å². The molecule has 1 aromatic carbocycles. The molecule has 3 nitrogen and oxygen atoms in total. The van der Waals surface area contributed by atoms with Crippen molar-refractivity contribution in [2.45, 2.75) is 63.2 Å². The van der Waals surface area contributed by atoms with Gasteiger partial charge in [0, 0.05) is 18.6 Å². The maximum atomic E-state index is 13.4. The largest absolute Gasteiger partial charge is 0.417 e. The van der Waals surface area contributed by atoms with Crippen LogP contribution < -0.4 is 5.32 Å². The monoisotopic (exact) mass is 354 g/mol. The first-order valence-electron chi connectivity index (χ1n) is 9.18. The molecule has 1 aliphatic heterocycles. The molecule has 3 rings (SSSR count). The molecular weight excluding hydrogens is 329 g/mol. The second-order valence-corrected chi connectivity index (χ2v) is 7.05. The normalized spacial score (nSPS) is 22.6. The molecule has 2 aliphatic rings. The Hall–Kier alpha value is -1.56. The van der Waals surface area contributed by atoms with E-state index in [0.717, 1.165) is 57.6 Å². The van der Waals surface area contributed by atoms with E-state index in [9.17, 15) is 18.0 Å². The van der Waals surface area contributed by atoms with Gasteiger partial charge in [-0.25, -0.2) is 0 Å². The third-order valence-corrected chi connectivity index (χ3v) is 5.34. The molecule has 1 N–H and O–H groups in total. The van der Waals surface area contributed by atoms with Crippen molar-refractivity contribution in [3.8, 4) is 0 Å². The van der Waals surface area contributed by atoms with Crippen LogP contribution in [-0.2, 0) is 6.18 Å². The summed E-state index contributed by atoms with van der Waals surface area (Å²) in [5.41, 5.74) is -1.05. The Morgan fingerprint density at radius 1 is 1.00 bits per heavy atom. The van der Waals surface area contributed by atoms with Gasteiger partial charge in [-0.3, -0.25) is 4.79 Å². The predicted molar refractivity (Wildman–Crippen MR) is 90.4 cm³/mol. The lowest BCUT2D eigenvalue weighted by Crippen LogP contribution is -2.48. The highest BCUT2D eigenvalue weighted by Gasteiger charge is 2.39. The summed E-state index contributed by atoms with van der Waals surface area (Å²) in [7, 11) is 0. The number of rotatable bonds is 3. The van der Waals surface area contributed by atoms with Crippen molar-refractivity contribution < 1.29 is 18.0 Å². The molecule has 6 heteroatoms. The van der Waals surface area contributed by atoms with Crippen molar-refractivity contribution in [3.05, 3.63) is 35.4 Å². The first-order valence-corrected chi connectivity index (χ1v) is 9.18. The summed E-state index contributed by atoms with van der Waals surface area (Å²) in [6.07, 6.45) is 2.41. The lowest BCUT2D eigenvalue weighted by molar-refractivity contribution is -0.138. The van der Waals surface area contributed by atoms with Gasteiger partial charge >= 0.3 is 6.18 Å². The Bertz CT molecular complexity index is 589. The quantitative estimate of drug-likeness (QED) is 0.824. The molecule has 0 radical (unpaired) electrons. The molecule has 2 fully saturated rings. The second-order valence-electron chi connectivity index (χ2n) is 7.05. The fourth-order valence-electron chi connectivity index (χ4n) is 4.10. The molecule has 138 valence electrons. The van der Waals surface area contributed by atoms with Crippen LogP contribution in [0.5, 0.6) is 0 Å². The van der Waals surface area contributed by atoms with E-state index in [0.29, 0.717) is 6.54 Å². The molecule has 0 spiro atoms. The van der Waals surface area contributed by atoms with Gasteiger partial charge in [0.25, 0.3) is 5.91 Å². The maximum absolute atomic E-state index is 13.4. The Balaban J connectivity index is 1.94. The highest BCUT2D eigenvalue weighted by molar-refractivity contribution is 5.96. The van der Waals surface area contributed by atoms with E-state index in [4.69, 9.17) is 0 Å². The lowest BCUT2D eigenvalue weighted by Gasteiger charge is -2.36. The zero-order valence-corrected chi connectivity index (χ0v) is 14.3. The number of amides is 1. The first-order chi connectivity index (χ1) is 12.0. The standard InChI is InChI=1S/C19H25F3N2O/c20-19(21,22)17-10-6-5-9-16(17)18(25)24(15-11-12-23-13-15)14-7-3-1-2-4-8-14/h5-6,9-10,14-15,23H,1-4,7-8,11-13H2/t15-/m1/s1. The van der Waals surface area contributed by atoms with Gasteiger partial charge in [-0.2, -0.15) is 13.2 Å². The average Bonchev–Trinajstić information content (AvgIpc) is 2.97. The fourth-order valence-corrected chi connectivity index (χ4v) is 4.10. The van der Waals surface area contributed by atoms with Crippen LogP contribution in [-0.4, -0.2) is 36.0 Å². The minimum Gasteiger partial charge on any atom is -0.331 e. The SMILES string of the molecule is O=C(c1ccccc1C(F)(F)F)N(C1CCCCCC1)[C@@H]1CCNC1. The molecule has 1 atom stereocenters. The number of hydrogen-bond acceptors (Lipinski definition) is 2. The predicted octanol–water partition coefficient (Wildman–Crippen LogP) is 4.23. The topological polar surface area (TPSA) is 32.3 Å². The van der Waals surface area contributed by atoms with Crippen LogP contribution in [0, 0.1) is 0 Å². The molecule has 1 saturated carbocycles. The van der Waals surface area contributed by atoms with Crippen LogP contribution in [0.25, 0.3) is 0 Å². The highest BCUT2D eigenvalue weighted by atomic mass is 19.4. The van der Waals surface area contributed by atoms with Crippen molar-refractivity contribution in [2.24, 2.45) is 0 Å². The van der Waals surface area contributed by atoms with Gasteiger partial charge in [-0.15, -0.1) is 0 Å². The molecule has 1 saturated heterocycles. The van der Waals surface area contributed by atoms with Gasteiger partial charge in [-0.1, -0.05) is 37.8 Å². The molecule has 1 aromatic rings. The Morgan fingerprint density at radius 2 is 1.68 bits per heavy atom. The first kappa shape index (κ1) is 18.2. The summed E-state index contributed by atoms with van der Waals surface area (Å²) in [4.78, 5) is 15.0. The summed E-state index contributed by atoms with van der Waals surface area (Å²) in [5.74, 6) is -0.464. The number of benzene rings is 1. The fraction of sp³-hybridized carbons (Fsp3) is 0.632. The van der Waals surface area contributed by atoms with Crippen molar-refractivity contribution in [1.82, 2.24) is 10.2 Å². The van der Waals surface area contributed by atoms with E-state index in [1.54, 1.807) is 4.90 Å². The number of nitrogens with zero attached hydrogens (tertiary/aromatic N) is 1. The molecule has 1 heterocycles. The lowest BCUT2D eigenvalue weighted by atomic mass is 9.99. The van der Waals surface area contributed by atoms with E-state index >= 15 is 0 Å². The van der Waals surface area contributed by atoms with Crippen LogP contribution in [0.15, 0.2) is 24.3 Å². The van der Waals surface area contributed by atoms with Gasteiger partial charge in [-0.05, 0) is 37.9 Å². The summed E-state index contributed by atoms with van der Waals surface area (Å²) in [6.45, 7) is 1.47. The van der Waals surface area contributed by atoms with Crippen molar-refractivity contribution in [1.29, 1.82) is 0 Å². The molecule has 0 bridgehead atoms. The van der Waals surface area contributed by atoms with E-state index in [1.807, 2.05) is 0 Å². The molecule has 0 aromatic heterocycles. The van der Waals surface area contributed by atoms with Crippen LogP contribution in [0.4, 0.5) is 13.2 Å². The van der Waals surface area contributed by atoms with E-state index < -0.39 is 17.6 Å². The zero-order valence-electron chi connectivity index (χ0n) is 14.3. The van der Waals surface area contributed by atoms with E-state index in [2.05, 4.69) is 5.32 Å². The molecule has 0 unspecified atom stereocenters. The number of carbonyl (C=O) groups is 1. The minimum atomic E-state index is -4.52. The Kier molecular flexibility index (Phi) is 5.67. The van der Waals surface area contributed by atoms with Gasteiger partial charge in [0.2, 0.25) is 0 Å². The Labute approximate surface area is 146 Å². The number of nitrogens with one attached hydrogen (secondary N) is 1. The number of halogens is 3. The van der Waals surface area contributed by atoms with Gasteiger partial charge in [0.05, 0.1) is 11.1 Å². The second kappa shape index (κ2) is 7.77. The summed E-state index contributed by atoms with van der Waals surface area (Å²) in [6, 6.07) is 5.20. The Morgan fingerprint density at radius 3 is 2.28 bits per heavy atom. The number of carbonyl (C=O) groups excluding carboxylic acids is 1. The molecule has 25 heavy (non-hydrogen) atoms. The summed E-state index contributed by atoms with van der Waals surface area (Å²) in [5, 5.41) is 3.24. The third kappa shape index (κ3) is 4.17. The molecular formula is C19H25F3N2O. The van der Waals surface area contributed by atoms with Gasteiger partial charge in [0.15, 0.2) is 0 Å². The summed E-state index contributed by atoms with van der Waals surface area (Å²) >= 11 is 0. The minimum absolute atomic E-state index is 0.0168. The van der Waals surface area contributed by atoms with Gasteiger partial charge in [0.1, 0.15) is 0 Å². The average molecular weight is 354 g/mol. The van der Waals surface area contributed by atoms with Crippen molar-refractivity contribution >= 4 is 5.91 Å². The number of hydrogen-bond donors (Lipinski definition) is 1. The zero-order chi connectivity index (χ0) is 17.9. The number of alkyl halides is 3. The van der Waals surface area contributed by atoms with Crippen LogP contribution in [0.3, 0.4) is 0 Å². The van der Waals surface area contributed by atoms with Gasteiger partial charge < -0.3 is 10.2 Å². The highest BCUT2D eigenvalue weighted by Crippen LogP contribution is 2.34. The van der Waals surface area contributed by atoms with Crippen molar-refractivity contribution in [3.63, 3.8) is 0 Å². The van der Waals surface area contributed by atoms with Crippen LogP contribution in [0.1, 0.15) is 60.9 Å². The van der Waals surface area contributed by atoms with Crippen molar-refractivity contribution in [2.75, 3.05) is 13.1 Å². The van der Waals surface area contributed by atoms with Crippen LogP contribution in [0.2, 0.25) is 0 Å². The van der Waals surface area contributed by atoms with E-state index in [1.165, 1.54) is 18.2 Å².